The first-order valence-electron chi connectivity index (χ1n) is 6.09. The maximum Gasteiger partial charge on any atom is 0.239 e. The highest BCUT2D eigenvalue weighted by molar-refractivity contribution is 6.09. The molecule has 4 nitrogen and oxygen atoms in total. The number of carbonyl (C=O) groups is 2. The second kappa shape index (κ2) is 5.65. The van der Waals surface area contributed by atoms with E-state index < -0.39 is 11.7 Å². The fourth-order valence-corrected chi connectivity index (χ4v) is 2.12. The van der Waals surface area contributed by atoms with E-state index in [1.165, 1.54) is 17.0 Å². The first kappa shape index (κ1) is 13.3. The molecule has 1 aliphatic rings. The number of benzene rings is 1. The lowest BCUT2D eigenvalue weighted by Gasteiger charge is -2.16. The molecule has 1 heterocycles. The van der Waals surface area contributed by atoms with Crippen LogP contribution in [0.15, 0.2) is 36.9 Å². The van der Waals surface area contributed by atoms with Gasteiger partial charge in [-0.2, -0.15) is 0 Å². The number of amides is 2. The third kappa shape index (κ3) is 2.81. The number of halogens is 1. The second-order valence-electron chi connectivity index (χ2n) is 4.34. The molecule has 0 radical (unpaired) electrons. The van der Waals surface area contributed by atoms with Gasteiger partial charge in [-0.25, -0.2) is 4.39 Å². The highest BCUT2D eigenvalue weighted by atomic mass is 19.1. The molecule has 0 saturated carbocycles. The predicted octanol–water partition coefficient (Wildman–Crippen LogP) is 1.48. The molecular formula is C14H15FN2O2. The molecule has 2 amide bonds. The normalized spacial score (nSPS) is 18.5. The van der Waals surface area contributed by atoms with Crippen molar-refractivity contribution in [3.63, 3.8) is 0 Å². The average Bonchev–Trinajstić information content (AvgIpc) is 2.78. The second-order valence-corrected chi connectivity index (χ2v) is 4.34. The van der Waals surface area contributed by atoms with Gasteiger partial charge in [0.15, 0.2) is 0 Å². The van der Waals surface area contributed by atoms with E-state index >= 15 is 0 Å². The topological polar surface area (TPSA) is 49.4 Å². The Morgan fingerprint density at radius 1 is 1.58 bits per heavy atom. The van der Waals surface area contributed by atoms with Crippen molar-refractivity contribution in [2.75, 3.05) is 18.0 Å². The van der Waals surface area contributed by atoms with E-state index in [9.17, 15) is 14.0 Å². The summed E-state index contributed by atoms with van der Waals surface area (Å²) in [6.45, 7) is 4.26. The van der Waals surface area contributed by atoms with Gasteiger partial charge in [-0.05, 0) is 24.6 Å². The van der Waals surface area contributed by atoms with Gasteiger partial charge in [-0.15, -0.1) is 6.58 Å². The summed E-state index contributed by atoms with van der Waals surface area (Å²) in [4.78, 5) is 25.4. The maximum absolute atomic E-state index is 13.1. The molecule has 1 saturated heterocycles. The molecule has 0 bridgehead atoms. The van der Waals surface area contributed by atoms with Gasteiger partial charge in [0.2, 0.25) is 11.8 Å². The first-order valence-corrected chi connectivity index (χ1v) is 6.09. The molecular weight excluding hydrogens is 247 g/mol. The quantitative estimate of drug-likeness (QED) is 0.660. The van der Waals surface area contributed by atoms with Crippen molar-refractivity contribution in [1.82, 2.24) is 5.32 Å². The summed E-state index contributed by atoms with van der Waals surface area (Å²) in [5.74, 6) is -1.68. The van der Waals surface area contributed by atoms with Crippen molar-refractivity contribution in [3.05, 3.63) is 42.7 Å². The van der Waals surface area contributed by atoms with Gasteiger partial charge in [0.25, 0.3) is 0 Å². The molecule has 0 spiro atoms. The van der Waals surface area contributed by atoms with Crippen LogP contribution in [-0.4, -0.2) is 24.9 Å². The Bertz CT molecular complexity index is 516. The van der Waals surface area contributed by atoms with Crippen molar-refractivity contribution < 1.29 is 14.0 Å². The van der Waals surface area contributed by atoms with Gasteiger partial charge in [-0.1, -0.05) is 12.1 Å². The van der Waals surface area contributed by atoms with Crippen molar-refractivity contribution >= 4 is 17.5 Å². The lowest BCUT2D eigenvalue weighted by Crippen LogP contribution is -2.36. The molecule has 5 heteroatoms. The van der Waals surface area contributed by atoms with Crippen LogP contribution >= 0.6 is 0 Å². The third-order valence-electron chi connectivity index (χ3n) is 3.06. The van der Waals surface area contributed by atoms with Crippen LogP contribution in [0.25, 0.3) is 0 Å². The highest BCUT2D eigenvalue weighted by Gasteiger charge is 2.37. The zero-order valence-electron chi connectivity index (χ0n) is 10.4. The Balaban J connectivity index is 2.09. The van der Waals surface area contributed by atoms with Gasteiger partial charge in [-0.3, -0.25) is 9.59 Å². The van der Waals surface area contributed by atoms with Gasteiger partial charge < -0.3 is 10.2 Å². The number of nitrogens with one attached hydrogen (secondary N) is 1. The van der Waals surface area contributed by atoms with Gasteiger partial charge in [0.1, 0.15) is 11.7 Å². The number of nitrogens with zero attached hydrogens (tertiary/aromatic N) is 1. The molecule has 0 aromatic heterocycles. The van der Waals surface area contributed by atoms with Crippen molar-refractivity contribution in [2.45, 2.75) is 6.42 Å². The molecule has 1 aromatic rings. The minimum Gasteiger partial charge on any atom is -0.352 e. The van der Waals surface area contributed by atoms with E-state index in [-0.39, 0.29) is 11.8 Å². The van der Waals surface area contributed by atoms with Crippen LogP contribution < -0.4 is 10.2 Å². The number of anilines is 1. The van der Waals surface area contributed by atoms with E-state index in [0.717, 1.165) is 0 Å². The van der Waals surface area contributed by atoms with Crippen LogP contribution in [0.5, 0.6) is 0 Å². The summed E-state index contributed by atoms with van der Waals surface area (Å²) in [6.07, 6.45) is 2.00. The molecule has 19 heavy (non-hydrogen) atoms. The highest BCUT2D eigenvalue weighted by Crippen LogP contribution is 2.25. The lowest BCUT2D eigenvalue weighted by atomic mass is 10.1. The van der Waals surface area contributed by atoms with Gasteiger partial charge >= 0.3 is 0 Å². The molecule has 1 aliphatic heterocycles. The van der Waals surface area contributed by atoms with E-state index in [0.29, 0.717) is 25.2 Å². The molecule has 1 N–H and O–H groups in total. The Hall–Kier alpha value is -2.17. The fraction of sp³-hybridized carbons (Fsp3) is 0.286. The monoisotopic (exact) mass is 262 g/mol. The summed E-state index contributed by atoms with van der Waals surface area (Å²) < 4.78 is 13.1. The largest absolute Gasteiger partial charge is 0.352 e. The SMILES string of the molecule is C=CCNC(=O)[C@H]1CCN(c2cccc(F)c2)C1=O. The summed E-state index contributed by atoms with van der Waals surface area (Å²) in [7, 11) is 0. The van der Waals surface area contributed by atoms with Crippen molar-refractivity contribution in [3.8, 4) is 0 Å². The minimum absolute atomic E-state index is 0.285. The van der Waals surface area contributed by atoms with Crippen LogP contribution in [0.2, 0.25) is 0 Å². The molecule has 1 atom stereocenters. The van der Waals surface area contributed by atoms with Crippen LogP contribution in [0.1, 0.15) is 6.42 Å². The van der Waals surface area contributed by atoms with Gasteiger partial charge in [0.05, 0.1) is 0 Å². The van der Waals surface area contributed by atoms with E-state index in [1.54, 1.807) is 18.2 Å². The van der Waals surface area contributed by atoms with Crippen LogP contribution in [0.3, 0.4) is 0 Å². The van der Waals surface area contributed by atoms with E-state index in [4.69, 9.17) is 0 Å². The standard InChI is InChI=1S/C14H15FN2O2/c1-2-7-16-13(18)12-6-8-17(14(12)19)11-5-3-4-10(15)9-11/h2-5,9,12H,1,6-8H2,(H,16,18)/t12-/m1/s1. The Labute approximate surface area is 110 Å². The number of carbonyl (C=O) groups excluding carboxylic acids is 2. The molecule has 0 unspecified atom stereocenters. The molecule has 2 rings (SSSR count). The van der Waals surface area contributed by atoms with Crippen LogP contribution in [0, 0.1) is 11.7 Å². The van der Waals surface area contributed by atoms with Crippen molar-refractivity contribution in [1.29, 1.82) is 0 Å². The molecule has 100 valence electrons. The molecule has 0 aliphatic carbocycles. The first-order chi connectivity index (χ1) is 9.13. The Morgan fingerprint density at radius 2 is 2.37 bits per heavy atom. The summed E-state index contributed by atoms with van der Waals surface area (Å²) >= 11 is 0. The number of hydrogen-bond donors (Lipinski definition) is 1. The van der Waals surface area contributed by atoms with E-state index in [2.05, 4.69) is 11.9 Å². The third-order valence-corrected chi connectivity index (χ3v) is 3.06. The Morgan fingerprint density at radius 3 is 3.05 bits per heavy atom. The average molecular weight is 262 g/mol. The fourth-order valence-electron chi connectivity index (χ4n) is 2.12. The molecule has 1 aromatic carbocycles. The molecule has 1 fully saturated rings. The summed E-state index contributed by atoms with van der Waals surface area (Å²) in [5.41, 5.74) is 0.490. The Kier molecular flexibility index (Phi) is 3.94. The zero-order valence-corrected chi connectivity index (χ0v) is 10.4. The number of hydrogen-bond acceptors (Lipinski definition) is 2. The predicted molar refractivity (Wildman–Crippen MR) is 70.1 cm³/mol. The summed E-state index contributed by atoms with van der Waals surface area (Å²) in [5, 5.41) is 2.61. The van der Waals surface area contributed by atoms with Crippen LogP contribution in [0.4, 0.5) is 10.1 Å². The number of rotatable bonds is 4. The smallest absolute Gasteiger partial charge is 0.239 e. The zero-order chi connectivity index (χ0) is 13.8. The van der Waals surface area contributed by atoms with Crippen molar-refractivity contribution in [2.24, 2.45) is 5.92 Å². The van der Waals surface area contributed by atoms with E-state index in [1.807, 2.05) is 0 Å². The summed E-state index contributed by atoms with van der Waals surface area (Å²) in [6, 6.07) is 5.81. The minimum atomic E-state index is -0.691. The maximum atomic E-state index is 13.1. The van der Waals surface area contributed by atoms with Crippen LogP contribution in [-0.2, 0) is 9.59 Å². The lowest BCUT2D eigenvalue weighted by molar-refractivity contribution is -0.131. The van der Waals surface area contributed by atoms with Gasteiger partial charge in [0, 0.05) is 18.8 Å².